The summed E-state index contributed by atoms with van der Waals surface area (Å²) in [6, 6.07) is 18.3. The molecular formula is C21H29NO2. The van der Waals surface area contributed by atoms with E-state index < -0.39 is 0 Å². The summed E-state index contributed by atoms with van der Waals surface area (Å²) in [7, 11) is 0. The van der Waals surface area contributed by atoms with Crippen LogP contribution in [0.2, 0.25) is 0 Å². The molecule has 2 aromatic carbocycles. The van der Waals surface area contributed by atoms with Gasteiger partial charge in [0.1, 0.15) is 11.5 Å². The van der Waals surface area contributed by atoms with Gasteiger partial charge in [0, 0.05) is 12.6 Å². The van der Waals surface area contributed by atoms with E-state index in [1.165, 1.54) is 5.56 Å². The van der Waals surface area contributed by atoms with Crippen LogP contribution in [-0.4, -0.2) is 17.8 Å². The van der Waals surface area contributed by atoms with E-state index in [1.807, 2.05) is 42.5 Å². The van der Waals surface area contributed by atoms with Crippen LogP contribution < -0.4 is 10.1 Å². The monoisotopic (exact) mass is 327 g/mol. The average Bonchev–Trinajstić information content (AvgIpc) is 2.60. The first-order chi connectivity index (χ1) is 11.7. The van der Waals surface area contributed by atoms with Crippen LogP contribution >= 0.6 is 0 Å². The van der Waals surface area contributed by atoms with Gasteiger partial charge in [-0.3, -0.25) is 0 Å². The van der Waals surface area contributed by atoms with E-state index >= 15 is 0 Å². The molecule has 2 unspecified atom stereocenters. The fraction of sp³-hybridized carbons (Fsp3) is 0.429. The van der Waals surface area contributed by atoms with Gasteiger partial charge in [-0.2, -0.15) is 0 Å². The van der Waals surface area contributed by atoms with Gasteiger partial charge in [-0.05, 0) is 42.7 Å². The minimum absolute atomic E-state index is 0.268. The minimum Gasteiger partial charge on any atom is -0.457 e. The normalized spacial score (nSPS) is 13.5. The second-order valence-electron chi connectivity index (χ2n) is 6.18. The smallest absolute Gasteiger partial charge is 0.127 e. The van der Waals surface area contributed by atoms with Gasteiger partial charge in [-0.1, -0.05) is 57.0 Å². The summed E-state index contributed by atoms with van der Waals surface area (Å²) in [4.78, 5) is 0. The highest BCUT2D eigenvalue weighted by molar-refractivity contribution is 5.33. The molecule has 0 amide bonds. The molecule has 0 radical (unpaired) electrons. The number of ether oxygens (including phenoxy) is 1. The molecule has 3 heteroatoms. The number of benzene rings is 2. The zero-order chi connectivity index (χ0) is 17.2. The number of para-hydroxylation sites is 1. The lowest BCUT2D eigenvalue weighted by Crippen LogP contribution is -2.30. The first-order valence-corrected chi connectivity index (χ1v) is 8.97. The number of aliphatic hydroxyl groups is 1. The largest absolute Gasteiger partial charge is 0.457 e. The summed E-state index contributed by atoms with van der Waals surface area (Å²) in [6.45, 7) is 4.92. The fourth-order valence-electron chi connectivity index (χ4n) is 2.78. The van der Waals surface area contributed by atoms with Crippen molar-refractivity contribution < 1.29 is 9.84 Å². The molecule has 2 aromatic rings. The van der Waals surface area contributed by atoms with Crippen LogP contribution in [0.3, 0.4) is 0 Å². The molecular weight excluding hydrogens is 298 g/mol. The topological polar surface area (TPSA) is 41.5 Å². The van der Waals surface area contributed by atoms with Crippen LogP contribution in [0.1, 0.15) is 51.1 Å². The Bertz CT molecular complexity index is 568. The molecule has 2 atom stereocenters. The quantitative estimate of drug-likeness (QED) is 0.640. The van der Waals surface area contributed by atoms with Crippen molar-refractivity contribution >= 4 is 0 Å². The van der Waals surface area contributed by atoms with E-state index in [4.69, 9.17) is 4.74 Å². The van der Waals surface area contributed by atoms with E-state index in [9.17, 15) is 5.11 Å². The maximum atomic E-state index is 9.94. The average molecular weight is 327 g/mol. The highest BCUT2D eigenvalue weighted by Crippen LogP contribution is 2.25. The standard InChI is InChI=1S/C21H29NO2/c1-3-8-18(23)16-22-21(9-4-2)17-12-14-20(15-13-17)24-19-10-6-5-7-11-19/h5-7,10-15,18,21-23H,3-4,8-9,16H2,1-2H3. The molecule has 0 heterocycles. The fourth-order valence-corrected chi connectivity index (χ4v) is 2.78. The minimum atomic E-state index is -0.268. The molecule has 0 bridgehead atoms. The summed E-state index contributed by atoms with van der Waals surface area (Å²) < 4.78 is 5.84. The van der Waals surface area contributed by atoms with Crippen molar-refractivity contribution in [3.63, 3.8) is 0 Å². The zero-order valence-electron chi connectivity index (χ0n) is 14.7. The van der Waals surface area contributed by atoms with Gasteiger partial charge in [0.05, 0.1) is 6.10 Å². The molecule has 0 aliphatic heterocycles. The Balaban J connectivity index is 1.97. The Labute approximate surface area is 145 Å². The van der Waals surface area contributed by atoms with Crippen molar-refractivity contribution in [3.05, 3.63) is 60.2 Å². The summed E-state index contributed by atoms with van der Waals surface area (Å²) in [5, 5.41) is 13.4. The Morgan fingerprint density at radius 3 is 2.12 bits per heavy atom. The van der Waals surface area contributed by atoms with Crippen LogP contribution in [0.5, 0.6) is 11.5 Å². The lowest BCUT2D eigenvalue weighted by atomic mass is 10.0. The maximum absolute atomic E-state index is 9.94. The zero-order valence-corrected chi connectivity index (χ0v) is 14.7. The van der Waals surface area contributed by atoms with Crippen LogP contribution in [0, 0.1) is 0 Å². The van der Waals surface area contributed by atoms with Gasteiger partial charge in [0.2, 0.25) is 0 Å². The van der Waals surface area contributed by atoms with Crippen molar-refractivity contribution in [1.82, 2.24) is 5.32 Å². The second-order valence-corrected chi connectivity index (χ2v) is 6.18. The molecule has 0 spiro atoms. The molecule has 24 heavy (non-hydrogen) atoms. The Hall–Kier alpha value is -1.84. The third-order valence-corrected chi connectivity index (χ3v) is 4.06. The summed E-state index contributed by atoms with van der Waals surface area (Å²) in [5.41, 5.74) is 1.24. The molecule has 2 rings (SSSR count). The third-order valence-electron chi connectivity index (χ3n) is 4.06. The van der Waals surface area contributed by atoms with Gasteiger partial charge in [-0.15, -0.1) is 0 Å². The molecule has 0 aliphatic carbocycles. The molecule has 0 fully saturated rings. The SMILES string of the molecule is CCCC(O)CNC(CCC)c1ccc(Oc2ccccc2)cc1. The summed E-state index contributed by atoms with van der Waals surface area (Å²) in [5.74, 6) is 1.68. The second kappa shape index (κ2) is 10.1. The Morgan fingerprint density at radius 2 is 1.50 bits per heavy atom. The Kier molecular flexibility index (Phi) is 7.80. The van der Waals surface area contributed by atoms with Crippen molar-refractivity contribution in [2.45, 2.75) is 51.7 Å². The molecule has 3 nitrogen and oxygen atoms in total. The number of rotatable bonds is 10. The van der Waals surface area contributed by atoms with Crippen LogP contribution in [-0.2, 0) is 0 Å². The highest BCUT2D eigenvalue weighted by atomic mass is 16.5. The van der Waals surface area contributed by atoms with Gasteiger partial charge < -0.3 is 15.2 Å². The predicted molar refractivity (Wildman–Crippen MR) is 99.5 cm³/mol. The molecule has 0 saturated carbocycles. The van der Waals surface area contributed by atoms with Crippen LogP contribution in [0.25, 0.3) is 0 Å². The number of aliphatic hydroxyl groups excluding tert-OH is 1. The highest BCUT2D eigenvalue weighted by Gasteiger charge is 2.12. The van der Waals surface area contributed by atoms with Crippen molar-refractivity contribution in [3.8, 4) is 11.5 Å². The van der Waals surface area contributed by atoms with E-state index in [2.05, 4.69) is 31.3 Å². The third kappa shape index (κ3) is 5.99. The lowest BCUT2D eigenvalue weighted by molar-refractivity contribution is 0.155. The number of hydrogen-bond acceptors (Lipinski definition) is 3. The van der Waals surface area contributed by atoms with E-state index in [0.717, 1.165) is 37.2 Å². The van der Waals surface area contributed by atoms with Crippen molar-refractivity contribution in [1.29, 1.82) is 0 Å². The number of nitrogens with one attached hydrogen (secondary N) is 1. The first-order valence-electron chi connectivity index (χ1n) is 8.97. The van der Waals surface area contributed by atoms with Crippen LogP contribution in [0.4, 0.5) is 0 Å². The van der Waals surface area contributed by atoms with Gasteiger partial charge in [0.15, 0.2) is 0 Å². The van der Waals surface area contributed by atoms with E-state index in [-0.39, 0.29) is 12.1 Å². The molecule has 0 aromatic heterocycles. The van der Waals surface area contributed by atoms with Crippen molar-refractivity contribution in [2.24, 2.45) is 0 Å². The predicted octanol–water partition coefficient (Wildman–Crippen LogP) is 5.07. The molecule has 130 valence electrons. The number of hydrogen-bond donors (Lipinski definition) is 2. The molecule has 0 aliphatic rings. The first kappa shape index (κ1) is 18.5. The summed E-state index contributed by atoms with van der Waals surface area (Å²) >= 11 is 0. The maximum Gasteiger partial charge on any atom is 0.127 e. The summed E-state index contributed by atoms with van der Waals surface area (Å²) in [6.07, 6.45) is 3.74. The van der Waals surface area contributed by atoms with Gasteiger partial charge in [0.25, 0.3) is 0 Å². The molecule has 2 N–H and O–H groups in total. The Morgan fingerprint density at radius 1 is 0.875 bits per heavy atom. The van der Waals surface area contributed by atoms with Crippen LogP contribution in [0.15, 0.2) is 54.6 Å². The van der Waals surface area contributed by atoms with E-state index in [0.29, 0.717) is 6.54 Å². The van der Waals surface area contributed by atoms with E-state index in [1.54, 1.807) is 0 Å². The lowest BCUT2D eigenvalue weighted by Gasteiger charge is -2.21. The van der Waals surface area contributed by atoms with Gasteiger partial charge >= 0.3 is 0 Å². The molecule has 0 saturated heterocycles. The van der Waals surface area contributed by atoms with Crippen molar-refractivity contribution in [2.75, 3.05) is 6.54 Å². The van der Waals surface area contributed by atoms with Gasteiger partial charge in [-0.25, -0.2) is 0 Å².